The van der Waals surface area contributed by atoms with Gasteiger partial charge in [0.25, 0.3) is 5.91 Å². The Hall–Kier alpha value is -2.82. The van der Waals surface area contributed by atoms with Gasteiger partial charge in [0.1, 0.15) is 0 Å². The highest BCUT2D eigenvalue weighted by molar-refractivity contribution is 6.00. The molecule has 1 amide bonds. The van der Waals surface area contributed by atoms with Gasteiger partial charge in [-0.1, -0.05) is 30.3 Å². The molecule has 2 rings (SSSR count). The molecule has 0 heterocycles. The van der Waals surface area contributed by atoms with E-state index in [1.54, 1.807) is 12.1 Å². The number of hydrogen-bond donors (Lipinski definition) is 2. The maximum atomic E-state index is 12.2. The summed E-state index contributed by atoms with van der Waals surface area (Å²) in [6, 6.07) is 16.8. The van der Waals surface area contributed by atoms with E-state index in [2.05, 4.69) is 15.4 Å². The number of esters is 1. The van der Waals surface area contributed by atoms with E-state index in [9.17, 15) is 9.59 Å². The Kier molecular flexibility index (Phi) is 5.54. The molecule has 114 valence electrons. The van der Waals surface area contributed by atoms with Gasteiger partial charge in [0.05, 0.1) is 24.8 Å². The number of carbonyl (C=O) groups is 2. The van der Waals surface area contributed by atoms with Crippen LogP contribution in [0.5, 0.6) is 0 Å². The number of amides is 1. The molecule has 5 heteroatoms. The molecule has 0 radical (unpaired) electrons. The fourth-order valence-corrected chi connectivity index (χ4v) is 1.94. The Morgan fingerprint density at radius 3 is 2.41 bits per heavy atom. The maximum Gasteiger partial charge on any atom is 0.307 e. The summed E-state index contributed by atoms with van der Waals surface area (Å²) in [4.78, 5) is 23.3. The molecule has 0 saturated carbocycles. The van der Waals surface area contributed by atoms with Gasteiger partial charge in [0.2, 0.25) is 0 Å². The average Bonchev–Trinajstić information content (AvgIpc) is 2.56. The number of para-hydroxylation sites is 2. The predicted molar refractivity (Wildman–Crippen MR) is 85.1 cm³/mol. The molecule has 2 aromatic rings. The molecule has 0 saturated heterocycles. The smallest absolute Gasteiger partial charge is 0.307 e. The van der Waals surface area contributed by atoms with Crippen molar-refractivity contribution in [3.8, 4) is 0 Å². The molecule has 0 unspecified atom stereocenters. The van der Waals surface area contributed by atoms with Crippen LogP contribution in [0, 0.1) is 0 Å². The Morgan fingerprint density at radius 2 is 1.68 bits per heavy atom. The first-order chi connectivity index (χ1) is 10.7. The highest BCUT2D eigenvalue weighted by atomic mass is 16.5. The van der Waals surface area contributed by atoms with Crippen LogP contribution < -0.4 is 10.6 Å². The average molecular weight is 298 g/mol. The van der Waals surface area contributed by atoms with Crippen LogP contribution >= 0.6 is 0 Å². The lowest BCUT2D eigenvalue weighted by Crippen LogP contribution is -2.26. The monoisotopic (exact) mass is 298 g/mol. The first-order valence-corrected chi connectivity index (χ1v) is 6.97. The van der Waals surface area contributed by atoms with Crippen molar-refractivity contribution in [3.05, 3.63) is 60.2 Å². The molecule has 0 spiro atoms. The SMILES string of the molecule is COC(=O)CCNC(=O)c1ccccc1Nc1ccccc1. The fourth-order valence-electron chi connectivity index (χ4n) is 1.94. The minimum absolute atomic E-state index is 0.149. The number of nitrogens with one attached hydrogen (secondary N) is 2. The quantitative estimate of drug-likeness (QED) is 0.805. The summed E-state index contributed by atoms with van der Waals surface area (Å²) in [5, 5.41) is 5.92. The molecule has 22 heavy (non-hydrogen) atoms. The van der Waals surface area contributed by atoms with E-state index in [0.717, 1.165) is 5.69 Å². The van der Waals surface area contributed by atoms with Gasteiger partial charge in [-0.15, -0.1) is 0 Å². The topological polar surface area (TPSA) is 67.4 Å². The van der Waals surface area contributed by atoms with Crippen molar-refractivity contribution < 1.29 is 14.3 Å². The Labute approximate surface area is 129 Å². The molecule has 0 aliphatic heterocycles. The van der Waals surface area contributed by atoms with Crippen molar-refractivity contribution in [2.24, 2.45) is 0 Å². The summed E-state index contributed by atoms with van der Waals surface area (Å²) < 4.78 is 4.54. The molecular formula is C17H18N2O3. The van der Waals surface area contributed by atoms with E-state index in [0.29, 0.717) is 11.3 Å². The lowest BCUT2D eigenvalue weighted by atomic mass is 10.1. The Morgan fingerprint density at radius 1 is 1.00 bits per heavy atom. The maximum absolute atomic E-state index is 12.2. The van der Waals surface area contributed by atoms with Crippen LogP contribution in [0.4, 0.5) is 11.4 Å². The normalized spacial score (nSPS) is 9.86. The van der Waals surface area contributed by atoms with Gasteiger partial charge in [-0.25, -0.2) is 0 Å². The molecule has 0 bridgehead atoms. The molecule has 0 aliphatic rings. The zero-order valence-corrected chi connectivity index (χ0v) is 12.3. The zero-order valence-electron chi connectivity index (χ0n) is 12.3. The van der Waals surface area contributed by atoms with Crippen molar-refractivity contribution in [1.82, 2.24) is 5.32 Å². The molecule has 2 N–H and O–H groups in total. The summed E-state index contributed by atoms with van der Waals surface area (Å²) in [7, 11) is 1.32. The third kappa shape index (κ3) is 4.34. The molecular weight excluding hydrogens is 280 g/mol. The van der Waals surface area contributed by atoms with Crippen LogP contribution in [0.15, 0.2) is 54.6 Å². The van der Waals surface area contributed by atoms with Gasteiger partial charge in [0, 0.05) is 12.2 Å². The molecule has 0 aromatic heterocycles. The Balaban J connectivity index is 2.04. The number of benzene rings is 2. The van der Waals surface area contributed by atoms with Crippen LogP contribution in [-0.4, -0.2) is 25.5 Å². The van der Waals surface area contributed by atoms with Gasteiger partial charge in [-0.05, 0) is 24.3 Å². The third-order valence-electron chi connectivity index (χ3n) is 3.07. The van der Waals surface area contributed by atoms with Crippen LogP contribution in [0.25, 0.3) is 0 Å². The predicted octanol–water partition coefficient (Wildman–Crippen LogP) is 2.72. The lowest BCUT2D eigenvalue weighted by molar-refractivity contribution is -0.140. The van der Waals surface area contributed by atoms with Crippen molar-refractivity contribution in [1.29, 1.82) is 0 Å². The van der Waals surface area contributed by atoms with Crippen LogP contribution in [0.1, 0.15) is 16.8 Å². The molecule has 2 aromatic carbocycles. The second-order valence-electron chi connectivity index (χ2n) is 4.62. The number of methoxy groups -OCH3 is 1. The van der Waals surface area contributed by atoms with Crippen molar-refractivity contribution in [2.45, 2.75) is 6.42 Å². The van der Waals surface area contributed by atoms with E-state index < -0.39 is 0 Å². The number of rotatable bonds is 6. The fraction of sp³-hybridized carbons (Fsp3) is 0.176. The van der Waals surface area contributed by atoms with E-state index in [1.165, 1.54) is 7.11 Å². The second-order valence-corrected chi connectivity index (χ2v) is 4.62. The number of anilines is 2. The van der Waals surface area contributed by atoms with Crippen molar-refractivity contribution in [3.63, 3.8) is 0 Å². The lowest BCUT2D eigenvalue weighted by Gasteiger charge is -2.12. The summed E-state index contributed by atoms with van der Waals surface area (Å²) >= 11 is 0. The Bertz CT molecular complexity index is 641. The molecule has 0 fully saturated rings. The highest BCUT2D eigenvalue weighted by Crippen LogP contribution is 2.20. The number of ether oxygens (including phenoxy) is 1. The van der Waals surface area contributed by atoms with E-state index in [1.807, 2.05) is 42.5 Å². The molecule has 0 aliphatic carbocycles. The standard InChI is InChI=1S/C17H18N2O3/c1-22-16(20)11-12-18-17(21)14-9-5-6-10-15(14)19-13-7-3-2-4-8-13/h2-10,19H,11-12H2,1H3,(H,18,21). The van der Waals surface area contributed by atoms with Gasteiger partial charge in [-0.2, -0.15) is 0 Å². The number of hydrogen-bond acceptors (Lipinski definition) is 4. The molecule has 5 nitrogen and oxygen atoms in total. The number of carbonyl (C=O) groups excluding carboxylic acids is 2. The van der Waals surface area contributed by atoms with E-state index >= 15 is 0 Å². The molecule has 0 atom stereocenters. The van der Waals surface area contributed by atoms with Gasteiger partial charge >= 0.3 is 5.97 Å². The van der Waals surface area contributed by atoms with Gasteiger partial charge in [-0.3, -0.25) is 9.59 Å². The summed E-state index contributed by atoms with van der Waals surface area (Å²) in [6.45, 7) is 0.241. The first kappa shape index (κ1) is 15.6. The van der Waals surface area contributed by atoms with Crippen LogP contribution in [0.2, 0.25) is 0 Å². The van der Waals surface area contributed by atoms with E-state index in [4.69, 9.17) is 0 Å². The van der Waals surface area contributed by atoms with Crippen LogP contribution in [0.3, 0.4) is 0 Å². The first-order valence-electron chi connectivity index (χ1n) is 6.97. The summed E-state index contributed by atoms with van der Waals surface area (Å²) in [5.41, 5.74) is 2.14. The van der Waals surface area contributed by atoms with Gasteiger partial charge < -0.3 is 15.4 Å². The summed E-state index contributed by atoms with van der Waals surface area (Å²) in [6.07, 6.45) is 0.149. The van der Waals surface area contributed by atoms with Crippen LogP contribution in [-0.2, 0) is 9.53 Å². The zero-order chi connectivity index (χ0) is 15.8. The second kappa shape index (κ2) is 7.83. The third-order valence-corrected chi connectivity index (χ3v) is 3.07. The largest absolute Gasteiger partial charge is 0.469 e. The van der Waals surface area contributed by atoms with Crippen molar-refractivity contribution in [2.75, 3.05) is 19.0 Å². The van der Waals surface area contributed by atoms with E-state index in [-0.39, 0.29) is 24.8 Å². The minimum atomic E-state index is -0.351. The summed E-state index contributed by atoms with van der Waals surface area (Å²) in [5.74, 6) is -0.584. The minimum Gasteiger partial charge on any atom is -0.469 e. The van der Waals surface area contributed by atoms with Crippen molar-refractivity contribution >= 4 is 23.3 Å². The highest BCUT2D eigenvalue weighted by Gasteiger charge is 2.11. The van der Waals surface area contributed by atoms with Gasteiger partial charge in [0.15, 0.2) is 0 Å².